The average Bonchev–Trinajstić information content (AvgIpc) is 2.90. The van der Waals surface area contributed by atoms with Gasteiger partial charge in [-0.15, -0.1) is 0 Å². The first kappa shape index (κ1) is 27.0. The van der Waals surface area contributed by atoms with E-state index >= 15 is 0 Å². The van der Waals surface area contributed by atoms with Crippen LogP contribution in [0.5, 0.6) is 17.2 Å². The van der Waals surface area contributed by atoms with Gasteiger partial charge in [0.1, 0.15) is 5.75 Å². The molecule has 8 nitrogen and oxygen atoms in total. The monoisotopic (exact) mass is 512 g/mol. The van der Waals surface area contributed by atoms with Crippen LogP contribution >= 0.6 is 0 Å². The van der Waals surface area contributed by atoms with E-state index in [1.165, 1.54) is 23.5 Å². The number of carbonyl (C=O) groups is 1. The highest BCUT2D eigenvalue weighted by molar-refractivity contribution is 7.89. The third kappa shape index (κ3) is 6.77. The first-order valence-electron chi connectivity index (χ1n) is 11.5. The third-order valence-electron chi connectivity index (χ3n) is 5.79. The molecule has 0 saturated carbocycles. The quantitative estimate of drug-likeness (QED) is 0.397. The zero-order valence-electron chi connectivity index (χ0n) is 20.9. The Kier molecular flexibility index (Phi) is 9.32. The number of hydrogen-bond donors (Lipinski definition) is 1. The van der Waals surface area contributed by atoms with Crippen molar-refractivity contribution in [3.8, 4) is 17.2 Å². The summed E-state index contributed by atoms with van der Waals surface area (Å²) in [6.07, 6.45) is 0.467. The second-order valence-electron chi connectivity index (χ2n) is 8.15. The molecule has 3 aromatic rings. The molecule has 0 aliphatic heterocycles. The van der Waals surface area contributed by atoms with E-state index in [9.17, 15) is 13.2 Å². The predicted octanol–water partition coefficient (Wildman–Crippen LogP) is 3.82. The van der Waals surface area contributed by atoms with E-state index in [2.05, 4.69) is 5.32 Å². The number of sulfonamides is 1. The summed E-state index contributed by atoms with van der Waals surface area (Å²) in [6, 6.07) is 20.7. The molecule has 3 aromatic carbocycles. The fraction of sp³-hybridized carbons (Fsp3) is 0.296. The maximum Gasteiger partial charge on any atom is 0.243 e. The van der Waals surface area contributed by atoms with E-state index in [1.807, 2.05) is 43.3 Å². The standard InChI is InChI=1S/C27H32N2O6S/c1-20(22-10-15-25(34-3)26(18-22)35-4)28-27(30)19-29(17-16-21-8-6-5-7-9-21)36(31,32)24-13-11-23(33-2)12-14-24/h5-15,18,20H,16-17,19H2,1-4H3,(H,28,30)/t20-/m1/s1. The number of amides is 1. The summed E-state index contributed by atoms with van der Waals surface area (Å²) in [5.41, 5.74) is 1.78. The molecular weight excluding hydrogens is 480 g/mol. The first-order chi connectivity index (χ1) is 17.3. The van der Waals surface area contributed by atoms with Crippen LogP contribution in [-0.4, -0.2) is 53.0 Å². The molecule has 1 atom stereocenters. The molecule has 0 saturated heterocycles. The van der Waals surface area contributed by atoms with Crippen LogP contribution < -0.4 is 19.5 Å². The summed E-state index contributed by atoms with van der Waals surface area (Å²) in [7, 11) is 0.675. The molecular formula is C27H32N2O6S. The summed E-state index contributed by atoms with van der Waals surface area (Å²) in [6.45, 7) is 1.65. The molecule has 0 radical (unpaired) electrons. The van der Waals surface area contributed by atoms with Crippen LogP contribution in [0.1, 0.15) is 24.1 Å². The fourth-order valence-corrected chi connectivity index (χ4v) is 5.13. The van der Waals surface area contributed by atoms with Crippen molar-refractivity contribution in [1.29, 1.82) is 0 Å². The van der Waals surface area contributed by atoms with Crippen molar-refractivity contribution in [3.63, 3.8) is 0 Å². The highest BCUT2D eigenvalue weighted by Gasteiger charge is 2.27. The number of hydrogen-bond acceptors (Lipinski definition) is 6. The van der Waals surface area contributed by atoms with Gasteiger partial charge < -0.3 is 19.5 Å². The van der Waals surface area contributed by atoms with Crippen molar-refractivity contribution in [1.82, 2.24) is 9.62 Å². The minimum Gasteiger partial charge on any atom is -0.497 e. The fourth-order valence-electron chi connectivity index (χ4n) is 3.73. The maximum atomic E-state index is 13.5. The lowest BCUT2D eigenvalue weighted by Gasteiger charge is -2.23. The highest BCUT2D eigenvalue weighted by Crippen LogP contribution is 2.30. The largest absolute Gasteiger partial charge is 0.497 e. The number of rotatable bonds is 12. The number of methoxy groups -OCH3 is 3. The lowest BCUT2D eigenvalue weighted by atomic mass is 10.1. The van der Waals surface area contributed by atoms with Gasteiger partial charge in [0.2, 0.25) is 15.9 Å². The Balaban J connectivity index is 1.79. The molecule has 0 spiro atoms. The summed E-state index contributed by atoms with van der Waals surface area (Å²) in [5, 5.41) is 2.89. The smallest absolute Gasteiger partial charge is 0.243 e. The number of nitrogens with one attached hydrogen (secondary N) is 1. The van der Waals surface area contributed by atoms with Gasteiger partial charge in [0, 0.05) is 6.54 Å². The second-order valence-corrected chi connectivity index (χ2v) is 10.1. The Morgan fingerprint density at radius 3 is 2.17 bits per heavy atom. The Morgan fingerprint density at radius 2 is 1.56 bits per heavy atom. The Labute approximate surface area is 212 Å². The van der Waals surface area contributed by atoms with Crippen molar-refractivity contribution in [2.45, 2.75) is 24.3 Å². The van der Waals surface area contributed by atoms with Crippen molar-refractivity contribution >= 4 is 15.9 Å². The number of ether oxygens (including phenoxy) is 3. The molecule has 0 heterocycles. The summed E-state index contributed by atoms with van der Waals surface area (Å²) in [5.74, 6) is 1.26. The van der Waals surface area contributed by atoms with Gasteiger partial charge in [-0.1, -0.05) is 36.4 Å². The Bertz CT molecular complexity index is 1250. The molecule has 1 amide bonds. The van der Waals surface area contributed by atoms with Crippen molar-refractivity contribution in [2.24, 2.45) is 0 Å². The topological polar surface area (TPSA) is 94.2 Å². The molecule has 0 aromatic heterocycles. The molecule has 36 heavy (non-hydrogen) atoms. The van der Waals surface area contributed by atoms with Gasteiger partial charge in [-0.2, -0.15) is 4.31 Å². The van der Waals surface area contributed by atoms with E-state index in [0.717, 1.165) is 11.1 Å². The number of nitrogens with zero attached hydrogens (tertiary/aromatic N) is 1. The van der Waals surface area contributed by atoms with Crippen LogP contribution in [0.3, 0.4) is 0 Å². The molecule has 0 unspecified atom stereocenters. The van der Waals surface area contributed by atoms with Gasteiger partial charge in [-0.05, 0) is 60.9 Å². The van der Waals surface area contributed by atoms with Gasteiger partial charge in [0.05, 0.1) is 38.8 Å². The van der Waals surface area contributed by atoms with E-state index in [4.69, 9.17) is 14.2 Å². The SMILES string of the molecule is COc1ccc(S(=O)(=O)N(CCc2ccccc2)CC(=O)N[C@H](C)c2ccc(OC)c(OC)c2)cc1. The van der Waals surface area contributed by atoms with E-state index in [0.29, 0.717) is 23.7 Å². The summed E-state index contributed by atoms with van der Waals surface area (Å²) >= 11 is 0. The summed E-state index contributed by atoms with van der Waals surface area (Å²) < 4.78 is 43.9. The molecule has 0 bridgehead atoms. The van der Waals surface area contributed by atoms with Crippen LogP contribution in [0.25, 0.3) is 0 Å². The number of benzene rings is 3. The zero-order chi connectivity index (χ0) is 26.1. The van der Waals surface area contributed by atoms with Crippen molar-refractivity contribution < 1.29 is 27.4 Å². The van der Waals surface area contributed by atoms with Crippen LogP contribution in [0.15, 0.2) is 77.7 Å². The molecule has 0 aliphatic rings. The van der Waals surface area contributed by atoms with Gasteiger partial charge in [-0.3, -0.25) is 4.79 Å². The van der Waals surface area contributed by atoms with Crippen molar-refractivity contribution in [3.05, 3.63) is 83.9 Å². The number of carbonyl (C=O) groups excluding carboxylic acids is 1. The van der Waals surface area contributed by atoms with E-state index < -0.39 is 15.9 Å². The molecule has 1 N–H and O–H groups in total. The lowest BCUT2D eigenvalue weighted by Crippen LogP contribution is -2.42. The zero-order valence-corrected chi connectivity index (χ0v) is 21.7. The molecule has 0 aliphatic carbocycles. The molecule has 3 rings (SSSR count). The lowest BCUT2D eigenvalue weighted by molar-refractivity contribution is -0.121. The molecule has 0 fully saturated rings. The highest BCUT2D eigenvalue weighted by atomic mass is 32.2. The maximum absolute atomic E-state index is 13.5. The third-order valence-corrected chi connectivity index (χ3v) is 7.65. The Hall–Kier alpha value is -3.56. The van der Waals surface area contributed by atoms with Crippen LogP contribution in [0.4, 0.5) is 0 Å². The minimum atomic E-state index is -3.93. The van der Waals surface area contributed by atoms with Crippen molar-refractivity contribution in [2.75, 3.05) is 34.4 Å². The molecule has 192 valence electrons. The van der Waals surface area contributed by atoms with E-state index in [1.54, 1.807) is 38.5 Å². The first-order valence-corrected chi connectivity index (χ1v) is 12.9. The summed E-state index contributed by atoms with van der Waals surface area (Å²) in [4.78, 5) is 13.1. The minimum absolute atomic E-state index is 0.0945. The predicted molar refractivity (Wildman–Crippen MR) is 138 cm³/mol. The van der Waals surface area contributed by atoms with E-state index in [-0.39, 0.29) is 24.0 Å². The second kappa shape index (κ2) is 12.4. The van der Waals surface area contributed by atoms with Crippen LogP contribution in [0.2, 0.25) is 0 Å². The van der Waals surface area contributed by atoms with Crippen LogP contribution in [-0.2, 0) is 21.2 Å². The molecule has 9 heteroatoms. The normalized spacial score (nSPS) is 12.1. The van der Waals surface area contributed by atoms with Gasteiger partial charge >= 0.3 is 0 Å². The van der Waals surface area contributed by atoms with Gasteiger partial charge in [0.15, 0.2) is 11.5 Å². The van der Waals surface area contributed by atoms with Gasteiger partial charge in [0.25, 0.3) is 0 Å². The average molecular weight is 513 g/mol. The van der Waals surface area contributed by atoms with Gasteiger partial charge in [-0.25, -0.2) is 8.42 Å². The Morgan fingerprint density at radius 1 is 0.889 bits per heavy atom. The van der Waals surface area contributed by atoms with Crippen LogP contribution in [0, 0.1) is 0 Å².